The quantitative estimate of drug-likeness (QED) is 0.581. The fourth-order valence-electron chi connectivity index (χ4n) is 2.44. The summed E-state index contributed by atoms with van der Waals surface area (Å²) in [6.45, 7) is 2.39. The Labute approximate surface area is 161 Å². The highest BCUT2D eigenvalue weighted by molar-refractivity contribution is 8.00. The summed E-state index contributed by atoms with van der Waals surface area (Å²) in [4.78, 5) is 14.3. The van der Waals surface area contributed by atoms with E-state index in [9.17, 15) is 4.79 Å². The maximum absolute atomic E-state index is 12.6. The Bertz CT molecular complexity index is 885. The Morgan fingerprint density at radius 2 is 1.96 bits per heavy atom. The second-order valence-electron chi connectivity index (χ2n) is 5.82. The topological polar surface area (TPSA) is 59.2 Å². The van der Waals surface area contributed by atoms with Crippen LogP contribution in [-0.2, 0) is 11.3 Å². The van der Waals surface area contributed by atoms with Gasteiger partial charge in [0.25, 0.3) is 5.22 Å². The van der Waals surface area contributed by atoms with Crippen molar-refractivity contribution in [3.05, 3.63) is 65.2 Å². The van der Waals surface area contributed by atoms with E-state index in [1.165, 1.54) is 11.8 Å². The van der Waals surface area contributed by atoms with E-state index in [1.54, 1.807) is 24.1 Å². The van der Waals surface area contributed by atoms with Gasteiger partial charge in [-0.1, -0.05) is 59.8 Å². The van der Waals surface area contributed by atoms with Gasteiger partial charge in [-0.3, -0.25) is 4.79 Å². The number of benzene rings is 2. The summed E-state index contributed by atoms with van der Waals surface area (Å²) >= 11 is 7.23. The van der Waals surface area contributed by atoms with E-state index in [0.29, 0.717) is 22.7 Å². The average molecular weight is 388 g/mol. The Hall–Kier alpha value is -2.31. The molecular weight excluding hydrogens is 370 g/mol. The molecular formula is C19H18ClN3O2S. The number of amides is 1. The van der Waals surface area contributed by atoms with Crippen molar-refractivity contribution in [1.82, 2.24) is 15.1 Å². The van der Waals surface area contributed by atoms with Crippen LogP contribution in [0.15, 0.2) is 64.2 Å². The molecule has 0 aliphatic carbocycles. The fourth-order valence-corrected chi connectivity index (χ4v) is 3.43. The Morgan fingerprint density at radius 3 is 2.69 bits per heavy atom. The van der Waals surface area contributed by atoms with Crippen LogP contribution in [-0.4, -0.2) is 33.3 Å². The number of carbonyl (C=O) groups excluding carboxylic acids is 1. The molecule has 3 aromatic rings. The highest BCUT2D eigenvalue weighted by Crippen LogP contribution is 2.28. The lowest BCUT2D eigenvalue weighted by atomic mass is 10.2. The lowest BCUT2D eigenvalue weighted by Crippen LogP contribution is -2.32. The zero-order valence-corrected chi connectivity index (χ0v) is 16.0. The van der Waals surface area contributed by atoms with Crippen molar-refractivity contribution in [2.75, 3.05) is 7.05 Å². The second-order valence-corrected chi connectivity index (χ2v) is 7.55. The van der Waals surface area contributed by atoms with Gasteiger partial charge < -0.3 is 9.32 Å². The minimum Gasteiger partial charge on any atom is -0.411 e. The molecule has 7 heteroatoms. The molecule has 0 fully saturated rings. The lowest BCUT2D eigenvalue weighted by molar-refractivity contribution is -0.129. The molecule has 0 unspecified atom stereocenters. The smallest absolute Gasteiger partial charge is 0.277 e. The summed E-state index contributed by atoms with van der Waals surface area (Å²) in [7, 11) is 1.79. The zero-order chi connectivity index (χ0) is 18.5. The molecule has 134 valence electrons. The third kappa shape index (κ3) is 4.65. The van der Waals surface area contributed by atoms with E-state index < -0.39 is 0 Å². The Morgan fingerprint density at radius 1 is 1.19 bits per heavy atom. The Kier molecular flexibility index (Phi) is 5.96. The van der Waals surface area contributed by atoms with Gasteiger partial charge >= 0.3 is 0 Å². The van der Waals surface area contributed by atoms with Crippen LogP contribution in [0.2, 0.25) is 5.02 Å². The molecule has 0 N–H and O–H groups in total. The lowest BCUT2D eigenvalue weighted by Gasteiger charge is -2.20. The number of nitrogens with zero attached hydrogens (tertiary/aromatic N) is 3. The minimum atomic E-state index is -0.337. The molecule has 2 aromatic carbocycles. The predicted octanol–water partition coefficient (Wildman–Crippen LogP) is 4.53. The van der Waals surface area contributed by atoms with Crippen LogP contribution >= 0.6 is 23.4 Å². The van der Waals surface area contributed by atoms with Crippen LogP contribution in [0.3, 0.4) is 0 Å². The van der Waals surface area contributed by atoms with Gasteiger partial charge in [-0.2, -0.15) is 0 Å². The van der Waals surface area contributed by atoms with Crippen molar-refractivity contribution in [2.24, 2.45) is 0 Å². The van der Waals surface area contributed by atoms with Crippen LogP contribution in [0, 0.1) is 0 Å². The zero-order valence-electron chi connectivity index (χ0n) is 14.4. The van der Waals surface area contributed by atoms with E-state index in [0.717, 1.165) is 11.1 Å². The first-order chi connectivity index (χ1) is 12.5. The molecule has 26 heavy (non-hydrogen) atoms. The largest absolute Gasteiger partial charge is 0.411 e. The Balaban J connectivity index is 1.62. The molecule has 1 amide bonds. The minimum absolute atomic E-state index is 0.00126. The fraction of sp³-hybridized carbons (Fsp3) is 0.211. The van der Waals surface area contributed by atoms with Gasteiger partial charge in [-0.15, -0.1) is 10.2 Å². The van der Waals surface area contributed by atoms with Gasteiger partial charge in [0.15, 0.2) is 0 Å². The standard InChI is InChI=1S/C19H18ClN3O2S/c1-13(18(24)23(2)12-14-7-4-3-5-8-14)26-19-22-21-17(25-19)15-9-6-10-16(20)11-15/h3-11,13H,12H2,1-2H3/t13-/m0/s1. The third-order valence-electron chi connectivity index (χ3n) is 3.74. The summed E-state index contributed by atoms with van der Waals surface area (Å²) in [6, 6.07) is 17.1. The van der Waals surface area contributed by atoms with Crippen molar-refractivity contribution in [1.29, 1.82) is 0 Å². The number of aromatic nitrogens is 2. The number of rotatable bonds is 6. The number of hydrogen-bond donors (Lipinski definition) is 0. The second kappa shape index (κ2) is 8.38. The molecule has 1 atom stereocenters. The number of hydrogen-bond acceptors (Lipinski definition) is 5. The summed E-state index contributed by atoms with van der Waals surface area (Å²) < 4.78 is 5.65. The molecule has 0 aliphatic heterocycles. The summed E-state index contributed by atoms with van der Waals surface area (Å²) in [5.74, 6) is 0.383. The summed E-state index contributed by atoms with van der Waals surface area (Å²) in [5, 5.41) is 8.67. The van der Waals surface area contributed by atoms with E-state index in [4.69, 9.17) is 16.0 Å². The van der Waals surface area contributed by atoms with E-state index in [1.807, 2.05) is 49.4 Å². The molecule has 0 radical (unpaired) electrons. The number of carbonyl (C=O) groups is 1. The van der Waals surface area contributed by atoms with Crippen molar-refractivity contribution in [2.45, 2.75) is 23.9 Å². The maximum atomic E-state index is 12.6. The average Bonchev–Trinajstić information content (AvgIpc) is 3.10. The molecule has 1 aromatic heterocycles. The van der Waals surface area contributed by atoms with Crippen LogP contribution in [0.1, 0.15) is 12.5 Å². The van der Waals surface area contributed by atoms with Gasteiger partial charge in [0.1, 0.15) is 0 Å². The molecule has 0 saturated heterocycles. The van der Waals surface area contributed by atoms with E-state index >= 15 is 0 Å². The van der Waals surface area contributed by atoms with Crippen LogP contribution in [0.4, 0.5) is 0 Å². The monoisotopic (exact) mass is 387 g/mol. The molecule has 0 aliphatic rings. The molecule has 0 bridgehead atoms. The molecule has 1 heterocycles. The van der Waals surface area contributed by atoms with Crippen molar-refractivity contribution < 1.29 is 9.21 Å². The van der Waals surface area contributed by atoms with Crippen LogP contribution in [0.5, 0.6) is 0 Å². The molecule has 5 nitrogen and oxygen atoms in total. The van der Waals surface area contributed by atoms with Crippen LogP contribution in [0.25, 0.3) is 11.5 Å². The number of thioether (sulfide) groups is 1. The first-order valence-corrected chi connectivity index (χ1v) is 9.33. The molecule has 0 saturated carbocycles. The maximum Gasteiger partial charge on any atom is 0.277 e. The first-order valence-electron chi connectivity index (χ1n) is 8.08. The predicted molar refractivity (Wildman–Crippen MR) is 103 cm³/mol. The van der Waals surface area contributed by atoms with Gasteiger partial charge in [0.2, 0.25) is 11.8 Å². The first kappa shape index (κ1) is 18.5. The van der Waals surface area contributed by atoms with E-state index in [2.05, 4.69) is 10.2 Å². The van der Waals surface area contributed by atoms with Crippen LogP contribution < -0.4 is 0 Å². The van der Waals surface area contributed by atoms with Gasteiger partial charge in [0, 0.05) is 24.2 Å². The summed E-state index contributed by atoms with van der Waals surface area (Å²) in [6.07, 6.45) is 0. The van der Waals surface area contributed by atoms with Gasteiger partial charge in [0.05, 0.1) is 5.25 Å². The van der Waals surface area contributed by atoms with Crippen molar-refractivity contribution >= 4 is 29.3 Å². The van der Waals surface area contributed by atoms with Crippen molar-refractivity contribution in [3.8, 4) is 11.5 Å². The molecule has 3 rings (SSSR count). The highest BCUT2D eigenvalue weighted by atomic mass is 35.5. The van der Waals surface area contributed by atoms with E-state index in [-0.39, 0.29) is 11.2 Å². The van der Waals surface area contributed by atoms with Gasteiger partial charge in [-0.05, 0) is 30.7 Å². The highest BCUT2D eigenvalue weighted by Gasteiger charge is 2.22. The van der Waals surface area contributed by atoms with Crippen molar-refractivity contribution in [3.63, 3.8) is 0 Å². The third-order valence-corrected chi connectivity index (χ3v) is 4.90. The number of halogens is 1. The molecule has 0 spiro atoms. The SMILES string of the molecule is C[C@H](Sc1nnc(-c2cccc(Cl)c2)o1)C(=O)N(C)Cc1ccccc1. The normalized spacial score (nSPS) is 12.0. The van der Waals surface area contributed by atoms with Gasteiger partial charge in [-0.25, -0.2) is 0 Å². The summed E-state index contributed by atoms with van der Waals surface area (Å²) in [5.41, 5.74) is 1.83.